The number of aromatic nitrogens is 1. The summed E-state index contributed by atoms with van der Waals surface area (Å²) in [5.41, 5.74) is 0.395. The van der Waals surface area contributed by atoms with Crippen LogP contribution in [0.4, 0.5) is 4.39 Å². The van der Waals surface area contributed by atoms with E-state index in [1.54, 1.807) is 44.4 Å². The summed E-state index contributed by atoms with van der Waals surface area (Å²) in [4.78, 5) is 28.6. The average molecular weight is 329 g/mol. The first-order chi connectivity index (χ1) is 11.4. The van der Waals surface area contributed by atoms with E-state index in [9.17, 15) is 14.0 Å². The molecule has 24 heavy (non-hydrogen) atoms. The number of rotatable bonds is 6. The lowest BCUT2D eigenvalue weighted by molar-refractivity contribution is -0.141. The second-order valence-corrected chi connectivity index (χ2v) is 5.98. The summed E-state index contributed by atoms with van der Waals surface area (Å²) in [6, 6.07) is 9.45. The fourth-order valence-corrected chi connectivity index (χ4v) is 2.01. The zero-order valence-corrected chi connectivity index (χ0v) is 13.7. The van der Waals surface area contributed by atoms with Gasteiger partial charge >= 0.3 is 0 Å². The van der Waals surface area contributed by atoms with Crippen molar-refractivity contribution in [2.45, 2.75) is 26.9 Å². The molecule has 0 saturated carbocycles. The van der Waals surface area contributed by atoms with Crippen LogP contribution in [0.3, 0.4) is 0 Å². The molecule has 0 radical (unpaired) electrons. The Morgan fingerprint density at radius 2 is 1.58 bits per heavy atom. The fourth-order valence-electron chi connectivity index (χ4n) is 2.01. The molecule has 0 aliphatic rings. The molecule has 5 nitrogen and oxygen atoms in total. The maximum atomic E-state index is 12.9. The minimum absolute atomic E-state index is 0.235. The molecule has 0 aliphatic heterocycles. The number of pyridine rings is 1. The Morgan fingerprint density at radius 3 is 2.12 bits per heavy atom. The van der Waals surface area contributed by atoms with E-state index in [0.717, 1.165) is 11.1 Å². The van der Waals surface area contributed by atoms with Gasteiger partial charge in [0.2, 0.25) is 11.8 Å². The first-order valence-electron chi connectivity index (χ1n) is 7.59. The molecule has 2 aromatic rings. The lowest BCUT2D eigenvalue weighted by atomic mass is 9.91. The summed E-state index contributed by atoms with van der Waals surface area (Å²) in [7, 11) is 0. The van der Waals surface area contributed by atoms with Crippen molar-refractivity contribution in [2.75, 3.05) is 0 Å². The molecule has 0 aliphatic carbocycles. The van der Waals surface area contributed by atoms with Crippen molar-refractivity contribution in [1.82, 2.24) is 15.6 Å². The Balaban J connectivity index is 1.88. The van der Waals surface area contributed by atoms with Gasteiger partial charge in [-0.2, -0.15) is 0 Å². The van der Waals surface area contributed by atoms with Crippen LogP contribution in [-0.4, -0.2) is 16.8 Å². The van der Waals surface area contributed by atoms with Gasteiger partial charge in [-0.25, -0.2) is 4.39 Å². The highest BCUT2D eigenvalue weighted by Crippen LogP contribution is 2.16. The standard InChI is InChI=1S/C18H20FN3O2/c1-18(2,17(24)22-12-14-4-3-9-20-10-14)16(23)21-11-13-5-7-15(19)8-6-13/h3-10H,11-12H2,1-2H3,(H,21,23)(H,22,24). The predicted molar refractivity (Wildman–Crippen MR) is 88.1 cm³/mol. The van der Waals surface area contributed by atoms with Crippen LogP contribution >= 0.6 is 0 Å². The van der Waals surface area contributed by atoms with E-state index in [-0.39, 0.29) is 18.3 Å². The minimum Gasteiger partial charge on any atom is -0.351 e. The summed E-state index contributed by atoms with van der Waals surface area (Å²) in [5.74, 6) is -1.10. The lowest BCUT2D eigenvalue weighted by Gasteiger charge is -2.22. The Morgan fingerprint density at radius 1 is 1.00 bits per heavy atom. The number of nitrogens with zero attached hydrogens (tertiary/aromatic N) is 1. The van der Waals surface area contributed by atoms with Crippen LogP contribution in [0.15, 0.2) is 48.8 Å². The molecular weight excluding hydrogens is 309 g/mol. The zero-order chi connectivity index (χ0) is 17.6. The second kappa shape index (κ2) is 7.68. The third-order valence-corrected chi connectivity index (χ3v) is 3.68. The van der Waals surface area contributed by atoms with Crippen LogP contribution in [0.5, 0.6) is 0 Å². The summed E-state index contributed by atoms with van der Waals surface area (Å²) in [5, 5.41) is 5.44. The van der Waals surface area contributed by atoms with Crippen molar-refractivity contribution in [3.05, 3.63) is 65.7 Å². The van der Waals surface area contributed by atoms with E-state index >= 15 is 0 Å². The summed E-state index contributed by atoms with van der Waals surface area (Å²) >= 11 is 0. The van der Waals surface area contributed by atoms with Gasteiger partial charge < -0.3 is 10.6 Å². The highest BCUT2D eigenvalue weighted by molar-refractivity contribution is 6.04. The molecule has 0 atom stereocenters. The number of hydrogen-bond acceptors (Lipinski definition) is 3. The van der Waals surface area contributed by atoms with E-state index in [4.69, 9.17) is 0 Å². The van der Waals surface area contributed by atoms with Gasteiger partial charge in [-0.3, -0.25) is 14.6 Å². The van der Waals surface area contributed by atoms with Crippen molar-refractivity contribution in [2.24, 2.45) is 5.41 Å². The van der Waals surface area contributed by atoms with Gasteiger partial charge in [-0.05, 0) is 43.2 Å². The third kappa shape index (κ3) is 4.62. The van der Waals surface area contributed by atoms with Gasteiger partial charge in [0.15, 0.2) is 0 Å². The van der Waals surface area contributed by atoms with Crippen LogP contribution in [0, 0.1) is 11.2 Å². The molecule has 2 amide bonds. The maximum Gasteiger partial charge on any atom is 0.235 e. The van der Waals surface area contributed by atoms with Crippen molar-refractivity contribution in [3.8, 4) is 0 Å². The van der Waals surface area contributed by atoms with Gasteiger partial charge in [-0.15, -0.1) is 0 Å². The lowest BCUT2D eigenvalue weighted by Crippen LogP contribution is -2.47. The largest absolute Gasteiger partial charge is 0.351 e. The summed E-state index contributed by atoms with van der Waals surface area (Å²) in [6.45, 7) is 3.66. The summed E-state index contributed by atoms with van der Waals surface area (Å²) < 4.78 is 12.9. The van der Waals surface area contributed by atoms with Crippen molar-refractivity contribution in [1.29, 1.82) is 0 Å². The first-order valence-corrected chi connectivity index (χ1v) is 7.59. The monoisotopic (exact) mass is 329 g/mol. The van der Waals surface area contributed by atoms with Crippen LogP contribution in [0.2, 0.25) is 0 Å². The van der Waals surface area contributed by atoms with E-state index in [0.29, 0.717) is 6.54 Å². The smallest absolute Gasteiger partial charge is 0.235 e. The van der Waals surface area contributed by atoms with Crippen LogP contribution in [0.1, 0.15) is 25.0 Å². The molecule has 0 fully saturated rings. The molecule has 2 N–H and O–H groups in total. The fraction of sp³-hybridized carbons (Fsp3) is 0.278. The molecule has 0 bridgehead atoms. The number of carbonyl (C=O) groups is 2. The molecule has 1 aromatic carbocycles. The Kier molecular flexibility index (Phi) is 5.63. The van der Waals surface area contributed by atoms with Crippen molar-refractivity contribution in [3.63, 3.8) is 0 Å². The quantitative estimate of drug-likeness (QED) is 0.798. The molecule has 1 aromatic heterocycles. The SMILES string of the molecule is CC(C)(C(=O)NCc1ccc(F)cc1)C(=O)NCc1cccnc1. The third-order valence-electron chi connectivity index (χ3n) is 3.68. The Hall–Kier alpha value is -2.76. The van der Waals surface area contributed by atoms with E-state index in [1.807, 2.05) is 6.07 Å². The van der Waals surface area contributed by atoms with Gasteiger partial charge in [0.1, 0.15) is 11.2 Å². The van der Waals surface area contributed by atoms with Crippen LogP contribution in [0.25, 0.3) is 0 Å². The number of nitrogens with one attached hydrogen (secondary N) is 2. The molecule has 1 heterocycles. The van der Waals surface area contributed by atoms with Gasteiger partial charge in [0, 0.05) is 25.5 Å². The molecule has 2 rings (SSSR count). The second-order valence-electron chi connectivity index (χ2n) is 5.98. The topological polar surface area (TPSA) is 71.1 Å². The Labute approximate surface area is 140 Å². The molecule has 0 unspecified atom stereocenters. The maximum absolute atomic E-state index is 12.9. The van der Waals surface area contributed by atoms with Gasteiger partial charge in [0.25, 0.3) is 0 Å². The predicted octanol–water partition coefficient (Wildman–Crippen LogP) is 2.18. The number of halogens is 1. The number of hydrogen-bond donors (Lipinski definition) is 2. The zero-order valence-electron chi connectivity index (χ0n) is 13.7. The van der Waals surface area contributed by atoms with E-state index in [2.05, 4.69) is 15.6 Å². The number of benzene rings is 1. The molecule has 0 spiro atoms. The van der Waals surface area contributed by atoms with E-state index < -0.39 is 11.3 Å². The number of amides is 2. The summed E-state index contributed by atoms with van der Waals surface area (Å²) in [6.07, 6.45) is 3.31. The molecule has 126 valence electrons. The molecule has 6 heteroatoms. The number of carbonyl (C=O) groups excluding carboxylic acids is 2. The highest BCUT2D eigenvalue weighted by atomic mass is 19.1. The van der Waals surface area contributed by atoms with E-state index in [1.165, 1.54) is 12.1 Å². The van der Waals surface area contributed by atoms with Crippen LogP contribution in [-0.2, 0) is 22.7 Å². The van der Waals surface area contributed by atoms with Gasteiger partial charge in [0.05, 0.1) is 0 Å². The molecular formula is C18H20FN3O2. The average Bonchev–Trinajstić information content (AvgIpc) is 2.59. The first kappa shape index (κ1) is 17.6. The normalized spacial score (nSPS) is 11.0. The Bertz CT molecular complexity index is 700. The van der Waals surface area contributed by atoms with Crippen LogP contribution < -0.4 is 10.6 Å². The van der Waals surface area contributed by atoms with Crippen molar-refractivity contribution >= 4 is 11.8 Å². The minimum atomic E-state index is -1.22. The molecule has 0 saturated heterocycles. The highest BCUT2D eigenvalue weighted by Gasteiger charge is 2.35. The van der Waals surface area contributed by atoms with Gasteiger partial charge in [-0.1, -0.05) is 18.2 Å². The van der Waals surface area contributed by atoms with Crippen molar-refractivity contribution < 1.29 is 14.0 Å².